The Hall–Kier alpha value is -2.93. The molecule has 3 rings (SSSR count). The van der Waals surface area contributed by atoms with Crippen molar-refractivity contribution in [3.8, 4) is 28.6 Å². The van der Waals surface area contributed by atoms with Crippen LogP contribution in [0.1, 0.15) is 19.4 Å². The summed E-state index contributed by atoms with van der Waals surface area (Å²) < 4.78 is 11.0. The molecule has 7 heteroatoms. The monoisotopic (exact) mass is 340 g/mol. The van der Waals surface area contributed by atoms with Gasteiger partial charge in [0.2, 0.25) is 5.82 Å². The number of ether oxygens (including phenoxy) is 1. The highest BCUT2D eigenvalue weighted by Crippen LogP contribution is 2.31. The molecule has 0 atom stereocenters. The first-order chi connectivity index (χ1) is 12.2. The molecule has 25 heavy (non-hydrogen) atoms. The van der Waals surface area contributed by atoms with Crippen molar-refractivity contribution in [1.82, 2.24) is 15.1 Å². The molecule has 0 bridgehead atoms. The quantitative estimate of drug-likeness (QED) is 0.682. The van der Waals surface area contributed by atoms with Crippen LogP contribution >= 0.6 is 0 Å². The van der Waals surface area contributed by atoms with E-state index in [9.17, 15) is 5.11 Å². The van der Waals surface area contributed by atoms with Crippen molar-refractivity contribution in [2.45, 2.75) is 20.5 Å². The van der Waals surface area contributed by atoms with Gasteiger partial charge in [-0.1, -0.05) is 5.16 Å². The largest absolute Gasteiger partial charge is 0.492 e. The number of aliphatic hydroxyl groups is 1. The molecule has 0 aliphatic heterocycles. The topological polar surface area (TPSA) is 93.3 Å². The second-order valence-corrected chi connectivity index (χ2v) is 5.34. The molecule has 0 spiro atoms. The van der Waals surface area contributed by atoms with Gasteiger partial charge in [-0.25, -0.2) is 0 Å². The number of rotatable bonds is 7. The lowest BCUT2D eigenvalue weighted by Gasteiger charge is -2.11. The molecule has 2 N–H and O–H groups in total. The number of benzene rings is 1. The van der Waals surface area contributed by atoms with Crippen molar-refractivity contribution in [1.29, 1.82) is 0 Å². The molecule has 2 aromatic heterocycles. The van der Waals surface area contributed by atoms with Crippen LogP contribution < -0.4 is 10.1 Å². The predicted octanol–water partition coefficient (Wildman–Crippen LogP) is 3.12. The van der Waals surface area contributed by atoms with Crippen molar-refractivity contribution >= 4 is 5.69 Å². The van der Waals surface area contributed by atoms with Gasteiger partial charge in [0.15, 0.2) is 0 Å². The van der Waals surface area contributed by atoms with Crippen LogP contribution in [0.2, 0.25) is 0 Å². The maximum Gasteiger partial charge on any atom is 0.258 e. The van der Waals surface area contributed by atoms with Gasteiger partial charge in [-0.2, -0.15) is 4.98 Å². The minimum Gasteiger partial charge on any atom is -0.492 e. The summed E-state index contributed by atoms with van der Waals surface area (Å²) in [7, 11) is 0. The minimum absolute atomic E-state index is 0.0868. The zero-order chi connectivity index (χ0) is 17.6. The summed E-state index contributed by atoms with van der Waals surface area (Å²) in [5.41, 5.74) is 3.06. The Balaban J connectivity index is 1.92. The Morgan fingerprint density at radius 3 is 2.80 bits per heavy atom. The highest BCUT2D eigenvalue weighted by atomic mass is 16.5. The van der Waals surface area contributed by atoms with Crippen LogP contribution in [0.25, 0.3) is 22.8 Å². The van der Waals surface area contributed by atoms with Gasteiger partial charge >= 0.3 is 0 Å². The van der Waals surface area contributed by atoms with Crippen LogP contribution in [-0.2, 0) is 6.61 Å². The van der Waals surface area contributed by atoms with Gasteiger partial charge in [-0.05, 0) is 43.7 Å². The standard InChI is InChI=1S/C18H20N4O3/c1-3-20-15-8-13(5-6-16(15)24-4-2)18-21-17(22-25-18)14-7-12(11-23)9-19-10-14/h5-10,20,23H,3-4,11H2,1-2H3. The van der Waals surface area contributed by atoms with Crippen LogP contribution in [0, 0.1) is 0 Å². The van der Waals surface area contributed by atoms with E-state index in [2.05, 4.69) is 20.4 Å². The molecule has 0 radical (unpaired) electrons. The first kappa shape index (κ1) is 16.9. The van der Waals surface area contributed by atoms with E-state index in [-0.39, 0.29) is 6.61 Å². The third kappa shape index (κ3) is 3.77. The second-order valence-electron chi connectivity index (χ2n) is 5.34. The molecule has 0 saturated carbocycles. The lowest BCUT2D eigenvalue weighted by molar-refractivity contribution is 0.281. The Morgan fingerprint density at radius 2 is 2.04 bits per heavy atom. The van der Waals surface area contributed by atoms with Crippen molar-refractivity contribution in [3.05, 3.63) is 42.2 Å². The third-order valence-electron chi connectivity index (χ3n) is 3.56. The molecule has 0 amide bonds. The summed E-state index contributed by atoms with van der Waals surface area (Å²) in [6, 6.07) is 7.47. The predicted molar refractivity (Wildman–Crippen MR) is 94.2 cm³/mol. The second kappa shape index (κ2) is 7.76. The normalized spacial score (nSPS) is 10.7. The fraction of sp³-hybridized carbons (Fsp3) is 0.278. The lowest BCUT2D eigenvalue weighted by Crippen LogP contribution is -2.01. The van der Waals surface area contributed by atoms with Crippen molar-refractivity contribution in [2.24, 2.45) is 0 Å². The van der Waals surface area contributed by atoms with E-state index in [1.54, 1.807) is 18.5 Å². The summed E-state index contributed by atoms with van der Waals surface area (Å²) in [4.78, 5) is 8.51. The van der Waals surface area contributed by atoms with Crippen LogP contribution in [0.5, 0.6) is 5.75 Å². The molecular formula is C18H20N4O3. The van der Waals surface area contributed by atoms with Gasteiger partial charge < -0.3 is 19.7 Å². The molecule has 3 aromatic rings. The van der Waals surface area contributed by atoms with Crippen LogP contribution in [0.15, 0.2) is 41.2 Å². The molecule has 0 aliphatic rings. The maximum absolute atomic E-state index is 9.22. The summed E-state index contributed by atoms with van der Waals surface area (Å²) in [6.07, 6.45) is 3.23. The molecule has 2 heterocycles. The van der Waals surface area contributed by atoms with E-state index < -0.39 is 0 Å². The number of aliphatic hydroxyl groups excluding tert-OH is 1. The molecular weight excluding hydrogens is 320 g/mol. The number of aromatic nitrogens is 3. The molecule has 0 fully saturated rings. The van der Waals surface area contributed by atoms with E-state index in [4.69, 9.17) is 9.26 Å². The Labute approximate surface area is 145 Å². The number of anilines is 1. The molecule has 1 aromatic carbocycles. The number of hydrogen-bond acceptors (Lipinski definition) is 7. The van der Waals surface area contributed by atoms with E-state index >= 15 is 0 Å². The lowest BCUT2D eigenvalue weighted by atomic mass is 10.1. The van der Waals surface area contributed by atoms with E-state index in [1.165, 1.54) is 0 Å². The third-order valence-corrected chi connectivity index (χ3v) is 3.56. The molecule has 0 aliphatic carbocycles. The highest BCUT2D eigenvalue weighted by Gasteiger charge is 2.13. The summed E-state index contributed by atoms with van der Waals surface area (Å²) in [6.45, 7) is 5.25. The van der Waals surface area contributed by atoms with Crippen molar-refractivity contribution in [2.75, 3.05) is 18.5 Å². The number of hydrogen-bond donors (Lipinski definition) is 2. The smallest absolute Gasteiger partial charge is 0.258 e. The summed E-state index contributed by atoms with van der Waals surface area (Å²) >= 11 is 0. The molecule has 7 nitrogen and oxygen atoms in total. The maximum atomic E-state index is 9.22. The fourth-order valence-corrected chi connectivity index (χ4v) is 2.43. The van der Waals surface area contributed by atoms with Gasteiger partial charge in [-0.3, -0.25) is 4.98 Å². The molecule has 0 unspecified atom stereocenters. The van der Waals surface area contributed by atoms with Crippen LogP contribution in [-0.4, -0.2) is 33.4 Å². The summed E-state index contributed by atoms with van der Waals surface area (Å²) in [5.74, 6) is 1.62. The Morgan fingerprint density at radius 1 is 1.16 bits per heavy atom. The number of nitrogens with zero attached hydrogens (tertiary/aromatic N) is 3. The van der Waals surface area contributed by atoms with E-state index in [1.807, 2.05) is 32.0 Å². The van der Waals surface area contributed by atoms with Gasteiger partial charge in [0, 0.05) is 30.1 Å². The Kier molecular flexibility index (Phi) is 5.25. The SMILES string of the molecule is CCNc1cc(-c2nc(-c3cncc(CO)c3)no2)ccc1OCC. The van der Waals surface area contributed by atoms with Crippen LogP contribution in [0.3, 0.4) is 0 Å². The zero-order valence-electron chi connectivity index (χ0n) is 14.2. The highest BCUT2D eigenvalue weighted by molar-refractivity contribution is 5.68. The fourth-order valence-electron chi connectivity index (χ4n) is 2.43. The number of pyridine rings is 1. The zero-order valence-corrected chi connectivity index (χ0v) is 14.2. The van der Waals surface area contributed by atoms with Gasteiger partial charge in [0.1, 0.15) is 5.75 Å². The molecule has 130 valence electrons. The first-order valence-corrected chi connectivity index (χ1v) is 8.15. The van der Waals surface area contributed by atoms with Crippen molar-refractivity contribution < 1.29 is 14.4 Å². The van der Waals surface area contributed by atoms with E-state index in [0.717, 1.165) is 23.5 Å². The molecule has 0 saturated heterocycles. The van der Waals surface area contributed by atoms with Gasteiger partial charge in [0.05, 0.1) is 18.9 Å². The summed E-state index contributed by atoms with van der Waals surface area (Å²) in [5, 5.41) is 16.5. The average Bonchev–Trinajstić information content (AvgIpc) is 3.14. The van der Waals surface area contributed by atoms with E-state index in [0.29, 0.717) is 29.4 Å². The van der Waals surface area contributed by atoms with Gasteiger partial charge in [-0.15, -0.1) is 0 Å². The number of nitrogens with one attached hydrogen (secondary N) is 1. The first-order valence-electron chi connectivity index (χ1n) is 8.15. The average molecular weight is 340 g/mol. The van der Waals surface area contributed by atoms with Crippen molar-refractivity contribution in [3.63, 3.8) is 0 Å². The van der Waals surface area contributed by atoms with Crippen LogP contribution in [0.4, 0.5) is 5.69 Å². The Bertz CT molecular complexity index is 848. The van der Waals surface area contributed by atoms with Gasteiger partial charge in [0.25, 0.3) is 5.89 Å². The minimum atomic E-state index is -0.0868.